The van der Waals surface area contributed by atoms with Gasteiger partial charge in [-0.2, -0.15) is 0 Å². The molecule has 1 saturated heterocycles. The summed E-state index contributed by atoms with van der Waals surface area (Å²) in [4.78, 5) is 21.1. The number of aromatic nitrogens is 1. The lowest BCUT2D eigenvalue weighted by atomic mass is 10.2. The molecule has 0 saturated carbocycles. The molecule has 0 spiro atoms. The van der Waals surface area contributed by atoms with Crippen molar-refractivity contribution in [3.63, 3.8) is 0 Å². The predicted octanol–water partition coefficient (Wildman–Crippen LogP) is 2.09. The molecule has 27 heavy (non-hydrogen) atoms. The van der Waals surface area contributed by atoms with Crippen LogP contribution >= 0.6 is 0 Å². The highest BCUT2D eigenvalue weighted by Gasteiger charge is 2.15. The van der Waals surface area contributed by atoms with E-state index < -0.39 is 0 Å². The van der Waals surface area contributed by atoms with Crippen LogP contribution in [0.4, 0.5) is 5.82 Å². The number of ether oxygens (including phenoxy) is 1. The fourth-order valence-electron chi connectivity index (χ4n) is 2.97. The fraction of sp³-hybridized carbons (Fsp3) is 0.429. The van der Waals surface area contributed by atoms with Gasteiger partial charge in [0.05, 0.1) is 0 Å². The number of piperazine rings is 1. The molecule has 1 aliphatic heterocycles. The van der Waals surface area contributed by atoms with Crippen molar-refractivity contribution < 1.29 is 9.53 Å². The molecule has 1 aliphatic rings. The summed E-state index contributed by atoms with van der Waals surface area (Å²) in [7, 11) is 2.14. The molecule has 1 aromatic carbocycles. The molecule has 1 amide bonds. The van der Waals surface area contributed by atoms with E-state index in [9.17, 15) is 4.79 Å². The summed E-state index contributed by atoms with van der Waals surface area (Å²) in [6, 6.07) is 11.9. The summed E-state index contributed by atoms with van der Waals surface area (Å²) in [6.45, 7) is 6.68. The summed E-state index contributed by atoms with van der Waals surface area (Å²) >= 11 is 0. The van der Waals surface area contributed by atoms with Crippen molar-refractivity contribution in [2.45, 2.75) is 19.9 Å². The van der Waals surface area contributed by atoms with Gasteiger partial charge in [0.2, 0.25) is 0 Å². The van der Waals surface area contributed by atoms with Gasteiger partial charge in [0.15, 0.2) is 6.61 Å². The Morgan fingerprint density at radius 2 is 1.78 bits per heavy atom. The van der Waals surface area contributed by atoms with Gasteiger partial charge in [-0.15, -0.1) is 0 Å². The van der Waals surface area contributed by atoms with Gasteiger partial charge in [-0.05, 0) is 42.8 Å². The number of amides is 1. The lowest BCUT2D eigenvalue weighted by Gasteiger charge is -2.33. The van der Waals surface area contributed by atoms with E-state index in [0.29, 0.717) is 12.3 Å². The number of carbonyl (C=O) groups is 1. The van der Waals surface area contributed by atoms with Crippen molar-refractivity contribution in [2.24, 2.45) is 0 Å². The molecule has 0 bridgehead atoms. The summed E-state index contributed by atoms with van der Waals surface area (Å²) in [5.74, 6) is 1.57. The topological polar surface area (TPSA) is 57.7 Å². The van der Waals surface area contributed by atoms with E-state index in [1.54, 1.807) is 0 Å². The molecule has 0 radical (unpaired) electrons. The number of hydrogen-bond donors (Lipinski definition) is 1. The predicted molar refractivity (Wildman–Crippen MR) is 107 cm³/mol. The molecule has 6 heteroatoms. The number of likely N-dealkylation sites (N-methyl/N-ethyl adjacent to an activating group) is 1. The normalized spacial score (nSPS) is 14.8. The van der Waals surface area contributed by atoms with Crippen molar-refractivity contribution in [2.75, 3.05) is 44.7 Å². The molecular formula is C21H28N4O2. The minimum Gasteiger partial charge on any atom is -0.484 e. The Balaban J connectivity index is 1.41. The Morgan fingerprint density at radius 3 is 2.41 bits per heavy atom. The van der Waals surface area contributed by atoms with E-state index in [0.717, 1.165) is 44.0 Å². The van der Waals surface area contributed by atoms with Gasteiger partial charge in [-0.3, -0.25) is 4.79 Å². The highest BCUT2D eigenvalue weighted by atomic mass is 16.5. The van der Waals surface area contributed by atoms with Crippen LogP contribution in [-0.4, -0.2) is 55.6 Å². The lowest BCUT2D eigenvalue weighted by Crippen LogP contribution is -2.44. The highest BCUT2D eigenvalue weighted by Crippen LogP contribution is 2.14. The van der Waals surface area contributed by atoms with Crippen LogP contribution in [0.15, 0.2) is 42.6 Å². The van der Waals surface area contributed by atoms with E-state index in [4.69, 9.17) is 4.74 Å². The van der Waals surface area contributed by atoms with Gasteiger partial charge in [0, 0.05) is 38.9 Å². The quantitative estimate of drug-likeness (QED) is 0.811. The number of carbonyl (C=O) groups excluding carboxylic acids is 1. The third-order valence-electron chi connectivity index (χ3n) is 4.83. The van der Waals surface area contributed by atoms with Gasteiger partial charge in [0.1, 0.15) is 11.6 Å². The number of benzene rings is 1. The average Bonchev–Trinajstić information content (AvgIpc) is 2.72. The van der Waals surface area contributed by atoms with Crippen molar-refractivity contribution in [3.8, 4) is 5.75 Å². The first-order valence-electron chi connectivity index (χ1n) is 9.51. The van der Waals surface area contributed by atoms with Crippen LogP contribution in [0.1, 0.15) is 18.1 Å². The zero-order chi connectivity index (χ0) is 19.1. The summed E-state index contributed by atoms with van der Waals surface area (Å²) in [5, 5.41) is 2.87. The second kappa shape index (κ2) is 9.37. The van der Waals surface area contributed by atoms with Gasteiger partial charge < -0.3 is 19.9 Å². The Hall–Kier alpha value is -2.60. The molecule has 2 aromatic rings. The maximum Gasteiger partial charge on any atom is 0.258 e. The van der Waals surface area contributed by atoms with Crippen LogP contribution in [0.2, 0.25) is 0 Å². The molecule has 0 atom stereocenters. The first-order chi connectivity index (χ1) is 13.1. The van der Waals surface area contributed by atoms with Gasteiger partial charge in [0.25, 0.3) is 5.91 Å². The number of pyridine rings is 1. The van der Waals surface area contributed by atoms with Crippen molar-refractivity contribution in [1.29, 1.82) is 0 Å². The zero-order valence-corrected chi connectivity index (χ0v) is 16.1. The van der Waals surface area contributed by atoms with E-state index in [1.165, 1.54) is 5.56 Å². The smallest absolute Gasteiger partial charge is 0.258 e. The lowest BCUT2D eigenvalue weighted by molar-refractivity contribution is -0.123. The van der Waals surface area contributed by atoms with E-state index in [-0.39, 0.29) is 12.5 Å². The zero-order valence-electron chi connectivity index (χ0n) is 16.1. The largest absolute Gasteiger partial charge is 0.484 e. The Bertz CT molecular complexity index is 723. The van der Waals surface area contributed by atoms with Gasteiger partial charge >= 0.3 is 0 Å². The van der Waals surface area contributed by atoms with E-state index in [2.05, 4.69) is 34.1 Å². The average molecular weight is 368 g/mol. The molecule has 0 unspecified atom stereocenters. The molecule has 2 heterocycles. The van der Waals surface area contributed by atoms with Crippen molar-refractivity contribution in [3.05, 3.63) is 53.7 Å². The highest BCUT2D eigenvalue weighted by molar-refractivity contribution is 5.77. The van der Waals surface area contributed by atoms with Crippen molar-refractivity contribution >= 4 is 11.7 Å². The molecule has 3 rings (SSSR count). The molecule has 144 valence electrons. The standard InChI is InChI=1S/C21H28N4O2/c1-3-17-4-7-19(8-5-17)27-16-21(26)23-15-18-6-9-20(22-14-18)25-12-10-24(2)11-13-25/h4-9,14H,3,10-13,15-16H2,1-2H3,(H,23,26). The Morgan fingerprint density at radius 1 is 1.07 bits per heavy atom. The molecule has 0 aliphatic carbocycles. The number of anilines is 1. The third kappa shape index (κ3) is 5.69. The summed E-state index contributed by atoms with van der Waals surface area (Å²) < 4.78 is 5.52. The fourth-order valence-corrected chi connectivity index (χ4v) is 2.97. The number of nitrogens with one attached hydrogen (secondary N) is 1. The van der Waals surface area contributed by atoms with Gasteiger partial charge in [-0.25, -0.2) is 4.98 Å². The van der Waals surface area contributed by atoms with Crippen LogP contribution in [-0.2, 0) is 17.8 Å². The second-order valence-electron chi connectivity index (χ2n) is 6.88. The minimum absolute atomic E-state index is 0.0122. The van der Waals surface area contributed by atoms with Crippen LogP contribution in [0.5, 0.6) is 5.75 Å². The van der Waals surface area contributed by atoms with Crippen LogP contribution in [0.25, 0.3) is 0 Å². The van der Waals surface area contributed by atoms with E-state index in [1.807, 2.05) is 42.6 Å². The molecular weight excluding hydrogens is 340 g/mol. The van der Waals surface area contributed by atoms with Crippen molar-refractivity contribution in [1.82, 2.24) is 15.2 Å². The van der Waals surface area contributed by atoms with E-state index >= 15 is 0 Å². The maximum absolute atomic E-state index is 12.0. The molecule has 1 aromatic heterocycles. The monoisotopic (exact) mass is 368 g/mol. The maximum atomic E-state index is 12.0. The SMILES string of the molecule is CCc1ccc(OCC(=O)NCc2ccc(N3CCN(C)CC3)nc2)cc1. The first kappa shape index (κ1) is 19.2. The number of rotatable bonds is 7. The third-order valence-corrected chi connectivity index (χ3v) is 4.83. The second-order valence-corrected chi connectivity index (χ2v) is 6.88. The van der Waals surface area contributed by atoms with Crippen LogP contribution in [0.3, 0.4) is 0 Å². The molecule has 1 N–H and O–H groups in total. The molecule has 6 nitrogen and oxygen atoms in total. The van der Waals surface area contributed by atoms with Crippen LogP contribution < -0.4 is 15.0 Å². The Labute approximate surface area is 161 Å². The van der Waals surface area contributed by atoms with Crippen LogP contribution in [0, 0.1) is 0 Å². The molecule has 1 fully saturated rings. The first-order valence-corrected chi connectivity index (χ1v) is 9.51. The number of aryl methyl sites for hydroxylation is 1. The number of hydrogen-bond acceptors (Lipinski definition) is 5. The number of nitrogens with zero attached hydrogens (tertiary/aromatic N) is 3. The Kier molecular flexibility index (Phi) is 6.65. The summed E-state index contributed by atoms with van der Waals surface area (Å²) in [5.41, 5.74) is 2.23. The van der Waals surface area contributed by atoms with Gasteiger partial charge in [-0.1, -0.05) is 25.1 Å². The summed E-state index contributed by atoms with van der Waals surface area (Å²) in [6.07, 6.45) is 2.82. The minimum atomic E-state index is -0.141.